The SMILES string of the molecule is COc1ccc(CN2CCN(C(=O)COc3cc(Cl)ccc3C(=O)O)CC2)cc1OC. The fraction of sp³-hybridized carbons (Fsp3) is 0.364. The van der Waals surface area contributed by atoms with E-state index in [0.717, 1.165) is 25.2 Å². The fourth-order valence-corrected chi connectivity index (χ4v) is 3.58. The van der Waals surface area contributed by atoms with Crippen molar-refractivity contribution in [3.05, 3.63) is 52.5 Å². The van der Waals surface area contributed by atoms with Crippen LogP contribution in [0.1, 0.15) is 15.9 Å². The van der Waals surface area contributed by atoms with Crippen molar-refractivity contribution in [1.82, 2.24) is 9.80 Å². The zero-order chi connectivity index (χ0) is 22.4. The quantitative estimate of drug-likeness (QED) is 0.664. The molecule has 0 unspecified atom stereocenters. The monoisotopic (exact) mass is 448 g/mol. The van der Waals surface area contributed by atoms with Crippen LogP contribution >= 0.6 is 11.6 Å². The van der Waals surface area contributed by atoms with Crippen LogP contribution in [-0.2, 0) is 11.3 Å². The Morgan fingerprint density at radius 2 is 1.68 bits per heavy atom. The number of nitrogens with zero attached hydrogens (tertiary/aromatic N) is 2. The van der Waals surface area contributed by atoms with Crippen molar-refractivity contribution in [3.63, 3.8) is 0 Å². The summed E-state index contributed by atoms with van der Waals surface area (Å²) in [7, 11) is 3.21. The highest BCUT2D eigenvalue weighted by atomic mass is 35.5. The van der Waals surface area contributed by atoms with Gasteiger partial charge in [-0.2, -0.15) is 0 Å². The number of rotatable bonds is 8. The van der Waals surface area contributed by atoms with Crippen LogP contribution in [-0.4, -0.2) is 73.8 Å². The number of carbonyl (C=O) groups is 2. The average molecular weight is 449 g/mol. The van der Waals surface area contributed by atoms with Crippen LogP contribution in [0.3, 0.4) is 0 Å². The lowest BCUT2D eigenvalue weighted by Crippen LogP contribution is -2.49. The van der Waals surface area contributed by atoms with E-state index in [0.29, 0.717) is 29.6 Å². The van der Waals surface area contributed by atoms with E-state index in [1.807, 2.05) is 18.2 Å². The number of carboxylic acid groups (broad SMARTS) is 1. The number of benzene rings is 2. The summed E-state index contributed by atoms with van der Waals surface area (Å²) < 4.78 is 16.1. The first-order valence-electron chi connectivity index (χ1n) is 9.78. The second-order valence-corrected chi connectivity index (χ2v) is 7.52. The molecular formula is C22H25ClN2O6. The van der Waals surface area contributed by atoms with Crippen molar-refractivity contribution in [3.8, 4) is 17.2 Å². The molecule has 0 aromatic heterocycles. The van der Waals surface area contributed by atoms with E-state index in [9.17, 15) is 14.7 Å². The van der Waals surface area contributed by atoms with Gasteiger partial charge in [0.2, 0.25) is 0 Å². The van der Waals surface area contributed by atoms with Crippen molar-refractivity contribution < 1.29 is 28.9 Å². The lowest BCUT2D eigenvalue weighted by Gasteiger charge is -2.34. The molecule has 31 heavy (non-hydrogen) atoms. The molecule has 1 aliphatic rings. The minimum atomic E-state index is -1.14. The molecule has 1 fully saturated rings. The van der Waals surface area contributed by atoms with E-state index in [1.165, 1.54) is 18.2 Å². The highest BCUT2D eigenvalue weighted by Gasteiger charge is 2.22. The Bertz CT molecular complexity index is 944. The number of hydrogen-bond donors (Lipinski definition) is 1. The van der Waals surface area contributed by atoms with E-state index in [2.05, 4.69) is 4.90 Å². The van der Waals surface area contributed by atoms with Crippen molar-refractivity contribution in [2.75, 3.05) is 47.0 Å². The number of aromatic carboxylic acids is 1. The smallest absolute Gasteiger partial charge is 0.339 e. The highest BCUT2D eigenvalue weighted by molar-refractivity contribution is 6.30. The maximum absolute atomic E-state index is 12.5. The summed E-state index contributed by atoms with van der Waals surface area (Å²) in [5.74, 6) is 0.130. The average Bonchev–Trinajstić information content (AvgIpc) is 2.77. The second kappa shape index (κ2) is 10.4. The lowest BCUT2D eigenvalue weighted by molar-refractivity contribution is -0.135. The second-order valence-electron chi connectivity index (χ2n) is 7.08. The zero-order valence-corrected chi connectivity index (χ0v) is 18.2. The molecule has 9 heteroatoms. The van der Waals surface area contributed by atoms with Gasteiger partial charge in [0.1, 0.15) is 11.3 Å². The maximum atomic E-state index is 12.5. The van der Waals surface area contributed by atoms with Gasteiger partial charge < -0.3 is 24.2 Å². The Hall–Kier alpha value is -2.97. The Labute approximate surface area is 185 Å². The molecule has 166 valence electrons. The van der Waals surface area contributed by atoms with Gasteiger partial charge in [-0.25, -0.2) is 4.79 Å². The van der Waals surface area contributed by atoms with Gasteiger partial charge in [-0.1, -0.05) is 17.7 Å². The van der Waals surface area contributed by atoms with Gasteiger partial charge in [0.15, 0.2) is 18.1 Å². The summed E-state index contributed by atoms with van der Waals surface area (Å²) in [4.78, 5) is 27.8. The molecule has 1 saturated heterocycles. The molecule has 0 radical (unpaired) electrons. The number of carboxylic acids is 1. The standard InChI is InChI=1S/C22H25ClN2O6/c1-29-18-6-3-15(11-20(18)30-2)13-24-7-9-25(10-8-24)21(26)14-31-19-12-16(23)4-5-17(19)22(27)28/h3-6,11-12H,7-10,13-14H2,1-2H3,(H,27,28). The Morgan fingerprint density at radius 3 is 2.32 bits per heavy atom. The van der Waals surface area contributed by atoms with Crippen LogP contribution in [0.5, 0.6) is 17.2 Å². The molecule has 0 spiro atoms. The molecule has 0 bridgehead atoms. The number of hydrogen-bond acceptors (Lipinski definition) is 6. The predicted molar refractivity (Wildman–Crippen MR) is 115 cm³/mol. The number of amides is 1. The Balaban J connectivity index is 1.51. The molecule has 1 heterocycles. The largest absolute Gasteiger partial charge is 0.493 e. The first-order valence-corrected chi connectivity index (χ1v) is 10.2. The van der Waals surface area contributed by atoms with Crippen LogP contribution in [0.25, 0.3) is 0 Å². The van der Waals surface area contributed by atoms with Gasteiger partial charge in [-0.15, -0.1) is 0 Å². The topological polar surface area (TPSA) is 88.5 Å². The van der Waals surface area contributed by atoms with Crippen molar-refractivity contribution in [2.45, 2.75) is 6.54 Å². The van der Waals surface area contributed by atoms with E-state index in [1.54, 1.807) is 19.1 Å². The van der Waals surface area contributed by atoms with Crippen molar-refractivity contribution in [2.24, 2.45) is 0 Å². The van der Waals surface area contributed by atoms with Crippen LogP contribution in [0.2, 0.25) is 5.02 Å². The molecule has 3 rings (SSSR count). The molecular weight excluding hydrogens is 424 g/mol. The molecule has 0 aliphatic carbocycles. The molecule has 2 aromatic carbocycles. The first kappa shape index (κ1) is 22.7. The van der Waals surface area contributed by atoms with E-state index in [4.69, 9.17) is 25.8 Å². The number of carbonyl (C=O) groups excluding carboxylic acids is 1. The molecule has 8 nitrogen and oxygen atoms in total. The molecule has 1 amide bonds. The molecule has 1 aliphatic heterocycles. The maximum Gasteiger partial charge on any atom is 0.339 e. The molecule has 2 aromatic rings. The fourth-order valence-electron chi connectivity index (χ4n) is 3.42. The van der Waals surface area contributed by atoms with Gasteiger partial charge >= 0.3 is 5.97 Å². The van der Waals surface area contributed by atoms with E-state index < -0.39 is 5.97 Å². The third-order valence-corrected chi connectivity index (χ3v) is 5.34. The van der Waals surface area contributed by atoms with Gasteiger partial charge in [-0.3, -0.25) is 9.69 Å². The van der Waals surface area contributed by atoms with Gasteiger partial charge in [0, 0.05) is 37.7 Å². The summed E-state index contributed by atoms with van der Waals surface area (Å²) >= 11 is 5.92. The van der Waals surface area contributed by atoms with Crippen LogP contribution in [0.4, 0.5) is 0 Å². The molecule has 1 N–H and O–H groups in total. The number of ether oxygens (including phenoxy) is 3. The van der Waals surface area contributed by atoms with Crippen LogP contribution in [0, 0.1) is 0 Å². The third-order valence-electron chi connectivity index (χ3n) is 5.10. The normalized spacial score (nSPS) is 14.2. The minimum absolute atomic E-state index is 0.0306. The van der Waals surface area contributed by atoms with Crippen molar-refractivity contribution in [1.29, 1.82) is 0 Å². The Morgan fingerprint density at radius 1 is 0.968 bits per heavy atom. The van der Waals surface area contributed by atoms with E-state index >= 15 is 0 Å². The number of piperazine rings is 1. The highest BCUT2D eigenvalue weighted by Crippen LogP contribution is 2.28. The summed E-state index contributed by atoms with van der Waals surface area (Å²) in [6, 6.07) is 10.1. The summed E-state index contributed by atoms with van der Waals surface area (Å²) in [6.45, 7) is 3.07. The zero-order valence-electron chi connectivity index (χ0n) is 17.5. The van der Waals surface area contributed by atoms with Gasteiger partial charge in [0.25, 0.3) is 5.91 Å². The van der Waals surface area contributed by atoms with E-state index in [-0.39, 0.29) is 23.8 Å². The summed E-state index contributed by atoms with van der Waals surface area (Å²) in [6.07, 6.45) is 0. The minimum Gasteiger partial charge on any atom is -0.493 e. The Kier molecular flexibility index (Phi) is 7.59. The van der Waals surface area contributed by atoms with Gasteiger partial charge in [0.05, 0.1) is 14.2 Å². The lowest BCUT2D eigenvalue weighted by atomic mass is 10.1. The van der Waals surface area contributed by atoms with Crippen LogP contribution in [0.15, 0.2) is 36.4 Å². The molecule has 0 atom stereocenters. The number of halogens is 1. The van der Waals surface area contributed by atoms with Gasteiger partial charge in [-0.05, 0) is 35.9 Å². The third kappa shape index (κ3) is 5.80. The predicted octanol–water partition coefficient (Wildman–Crippen LogP) is 2.78. The van der Waals surface area contributed by atoms with Crippen LogP contribution < -0.4 is 14.2 Å². The number of methoxy groups -OCH3 is 2. The summed E-state index contributed by atoms with van der Waals surface area (Å²) in [5.41, 5.74) is 1.07. The van der Waals surface area contributed by atoms with Crippen molar-refractivity contribution >= 4 is 23.5 Å². The first-order chi connectivity index (χ1) is 14.9. The summed E-state index contributed by atoms with van der Waals surface area (Å²) in [5, 5.41) is 9.59. The molecule has 0 saturated carbocycles.